The highest BCUT2D eigenvalue weighted by Gasteiger charge is 2.27. The fourth-order valence-electron chi connectivity index (χ4n) is 1.73. The smallest absolute Gasteiger partial charge is 0.267 e. The molecule has 0 atom stereocenters. The lowest BCUT2D eigenvalue weighted by molar-refractivity contribution is 0.0730. The van der Waals surface area contributed by atoms with E-state index in [4.69, 9.17) is 4.74 Å². The Labute approximate surface area is 105 Å². The van der Waals surface area contributed by atoms with Gasteiger partial charge in [-0.05, 0) is 6.07 Å². The molecule has 0 aromatic carbocycles. The molecule has 1 amide bonds. The third kappa shape index (κ3) is 2.40. The molecule has 1 aromatic heterocycles. The van der Waals surface area contributed by atoms with Crippen molar-refractivity contribution in [3.63, 3.8) is 0 Å². The van der Waals surface area contributed by atoms with Crippen molar-refractivity contribution < 1.29 is 17.9 Å². The van der Waals surface area contributed by atoms with E-state index < -0.39 is 10.0 Å². The molecule has 1 fully saturated rings. The van der Waals surface area contributed by atoms with Gasteiger partial charge < -0.3 is 15.0 Å². The topological polar surface area (TPSA) is 91.5 Å². The van der Waals surface area contributed by atoms with Crippen molar-refractivity contribution in [2.75, 3.05) is 33.4 Å². The Bertz CT molecular complexity index is 531. The Morgan fingerprint density at radius 1 is 1.44 bits per heavy atom. The van der Waals surface area contributed by atoms with Gasteiger partial charge in [0.15, 0.2) is 0 Å². The van der Waals surface area contributed by atoms with Gasteiger partial charge in [0.2, 0.25) is 10.0 Å². The van der Waals surface area contributed by atoms with Gasteiger partial charge in [-0.2, -0.15) is 4.31 Å². The van der Waals surface area contributed by atoms with Crippen LogP contribution in [0, 0.1) is 0 Å². The van der Waals surface area contributed by atoms with E-state index in [1.165, 1.54) is 23.6 Å². The summed E-state index contributed by atoms with van der Waals surface area (Å²) in [7, 11) is -2.06. The van der Waals surface area contributed by atoms with Crippen LogP contribution in [0.25, 0.3) is 0 Å². The Hall–Kier alpha value is -1.38. The predicted octanol–water partition coefficient (Wildman–Crippen LogP) is -0.605. The van der Waals surface area contributed by atoms with Crippen LogP contribution in [0.3, 0.4) is 0 Å². The first-order valence-corrected chi connectivity index (χ1v) is 6.98. The normalized spacial score (nSPS) is 17.6. The highest BCUT2D eigenvalue weighted by molar-refractivity contribution is 7.89. The van der Waals surface area contributed by atoms with Crippen LogP contribution in [-0.2, 0) is 14.8 Å². The number of rotatable bonds is 3. The average Bonchev–Trinajstić information content (AvgIpc) is 2.89. The van der Waals surface area contributed by atoms with E-state index in [1.54, 1.807) is 0 Å². The number of carbonyl (C=O) groups is 1. The zero-order chi connectivity index (χ0) is 13.2. The van der Waals surface area contributed by atoms with Crippen LogP contribution in [0.15, 0.2) is 17.2 Å². The largest absolute Gasteiger partial charge is 0.379 e. The number of H-pyrrole nitrogens is 1. The zero-order valence-electron chi connectivity index (χ0n) is 9.97. The quantitative estimate of drug-likeness (QED) is 0.769. The molecule has 0 radical (unpaired) electrons. The Morgan fingerprint density at radius 3 is 2.72 bits per heavy atom. The molecule has 2 rings (SSSR count). The number of aromatic amines is 1. The number of sulfonamides is 1. The summed E-state index contributed by atoms with van der Waals surface area (Å²) < 4.78 is 30.9. The van der Waals surface area contributed by atoms with Crippen LogP contribution in [0.2, 0.25) is 0 Å². The van der Waals surface area contributed by atoms with E-state index in [-0.39, 0.29) is 16.5 Å². The molecule has 0 aliphatic carbocycles. The number of hydrogen-bond acceptors (Lipinski definition) is 4. The molecule has 1 saturated heterocycles. The molecule has 8 heteroatoms. The fraction of sp³-hybridized carbons (Fsp3) is 0.500. The zero-order valence-corrected chi connectivity index (χ0v) is 10.8. The van der Waals surface area contributed by atoms with Crippen LogP contribution in [0.4, 0.5) is 0 Å². The maximum Gasteiger partial charge on any atom is 0.267 e. The standard InChI is InChI=1S/C10H15N3O4S/c1-11-10(14)9-6-8(7-12-9)18(15,16)13-2-4-17-5-3-13/h6-7,12H,2-5H2,1H3,(H,11,14). The van der Waals surface area contributed by atoms with Gasteiger partial charge in [-0.3, -0.25) is 4.79 Å². The van der Waals surface area contributed by atoms with Crippen LogP contribution < -0.4 is 5.32 Å². The van der Waals surface area contributed by atoms with Gasteiger partial charge in [0, 0.05) is 26.3 Å². The lowest BCUT2D eigenvalue weighted by Gasteiger charge is -2.25. The van der Waals surface area contributed by atoms with Crippen LogP contribution in [0.1, 0.15) is 10.5 Å². The van der Waals surface area contributed by atoms with Crippen molar-refractivity contribution >= 4 is 15.9 Å². The lowest BCUT2D eigenvalue weighted by Crippen LogP contribution is -2.40. The maximum absolute atomic E-state index is 12.2. The van der Waals surface area contributed by atoms with Crippen molar-refractivity contribution in [1.29, 1.82) is 0 Å². The van der Waals surface area contributed by atoms with E-state index in [0.29, 0.717) is 26.3 Å². The summed E-state index contributed by atoms with van der Waals surface area (Å²) in [5, 5.41) is 2.43. The number of aromatic nitrogens is 1. The SMILES string of the molecule is CNC(=O)c1cc(S(=O)(=O)N2CCOCC2)c[nH]1. The average molecular weight is 273 g/mol. The third-order valence-electron chi connectivity index (χ3n) is 2.74. The molecule has 18 heavy (non-hydrogen) atoms. The highest BCUT2D eigenvalue weighted by Crippen LogP contribution is 2.17. The summed E-state index contributed by atoms with van der Waals surface area (Å²) >= 11 is 0. The summed E-state index contributed by atoms with van der Waals surface area (Å²) in [5.41, 5.74) is 0.226. The number of morpholine rings is 1. The van der Waals surface area contributed by atoms with Crippen LogP contribution in [-0.4, -0.2) is 57.0 Å². The molecular weight excluding hydrogens is 258 g/mol. The minimum Gasteiger partial charge on any atom is -0.379 e. The number of hydrogen-bond donors (Lipinski definition) is 2. The third-order valence-corrected chi connectivity index (χ3v) is 4.61. The molecular formula is C10H15N3O4S. The Balaban J connectivity index is 2.24. The second-order valence-electron chi connectivity index (χ2n) is 3.84. The van der Waals surface area contributed by atoms with Crippen molar-refractivity contribution in [1.82, 2.24) is 14.6 Å². The van der Waals surface area contributed by atoms with Crippen LogP contribution in [0.5, 0.6) is 0 Å². The van der Waals surface area contributed by atoms with Crippen molar-refractivity contribution in [3.05, 3.63) is 18.0 Å². The molecule has 100 valence electrons. The minimum atomic E-state index is -3.54. The minimum absolute atomic E-state index is 0.100. The van der Waals surface area contributed by atoms with Gasteiger partial charge in [-0.1, -0.05) is 0 Å². The van der Waals surface area contributed by atoms with Gasteiger partial charge >= 0.3 is 0 Å². The number of carbonyl (C=O) groups excluding carboxylic acids is 1. The van der Waals surface area contributed by atoms with E-state index in [1.807, 2.05) is 0 Å². The molecule has 7 nitrogen and oxygen atoms in total. The van der Waals surface area contributed by atoms with Crippen molar-refractivity contribution in [2.24, 2.45) is 0 Å². The Kier molecular flexibility index (Phi) is 3.69. The molecule has 1 aromatic rings. The number of nitrogens with one attached hydrogen (secondary N) is 2. The summed E-state index contributed by atoms with van der Waals surface area (Å²) in [6.07, 6.45) is 1.33. The summed E-state index contributed by atoms with van der Waals surface area (Å²) in [6, 6.07) is 1.34. The molecule has 0 saturated carbocycles. The molecule has 0 bridgehead atoms. The van der Waals surface area contributed by atoms with Gasteiger partial charge in [0.1, 0.15) is 10.6 Å². The van der Waals surface area contributed by atoms with Gasteiger partial charge in [0.25, 0.3) is 5.91 Å². The lowest BCUT2D eigenvalue weighted by atomic mass is 10.4. The van der Waals surface area contributed by atoms with Gasteiger partial charge in [-0.15, -0.1) is 0 Å². The first-order valence-electron chi connectivity index (χ1n) is 5.54. The molecule has 1 aliphatic rings. The summed E-state index contributed by atoms with van der Waals surface area (Å²) in [4.78, 5) is 14.1. The monoisotopic (exact) mass is 273 g/mol. The van der Waals surface area contributed by atoms with E-state index in [0.717, 1.165) is 0 Å². The van der Waals surface area contributed by atoms with E-state index >= 15 is 0 Å². The summed E-state index contributed by atoms with van der Waals surface area (Å²) in [6.45, 7) is 1.46. The van der Waals surface area contributed by atoms with Crippen molar-refractivity contribution in [2.45, 2.75) is 4.90 Å². The number of nitrogens with zero attached hydrogens (tertiary/aromatic N) is 1. The maximum atomic E-state index is 12.2. The molecule has 2 heterocycles. The van der Waals surface area contributed by atoms with Crippen LogP contribution >= 0.6 is 0 Å². The first kappa shape index (κ1) is 13.1. The molecule has 2 N–H and O–H groups in total. The second kappa shape index (κ2) is 5.09. The van der Waals surface area contributed by atoms with Crippen molar-refractivity contribution in [3.8, 4) is 0 Å². The number of amides is 1. The summed E-state index contributed by atoms with van der Waals surface area (Å²) in [5.74, 6) is -0.349. The van der Waals surface area contributed by atoms with E-state index in [2.05, 4.69) is 10.3 Å². The Morgan fingerprint density at radius 2 is 2.11 bits per heavy atom. The predicted molar refractivity (Wildman–Crippen MR) is 63.8 cm³/mol. The molecule has 0 unspecified atom stereocenters. The fourth-order valence-corrected chi connectivity index (χ4v) is 3.13. The van der Waals surface area contributed by atoms with Gasteiger partial charge in [0.05, 0.1) is 13.2 Å². The second-order valence-corrected chi connectivity index (χ2v) is 5.78. The first-order chi connectivity index (χ1) is 8.55. The van der Waals surface area contributed by atoms with E-state index in [9.17, 15) is 13.2 Å². The highest BCUT2D eigenvalue weighted by atomic mass is 32.2. The molecule has 1 aliphatic heterocycles. The van der Waals surface area contributed by atoms with Gasteiger partial charge in [-0.25, -0.2) is 8.42 Å². The number of ether oxygens (including phenoxy) is 1. The molecule has 0 spiro atoms.